The largest absolute Gasteiger partial charge is 0.395 e. The van der Waals surface area contributed by atoms with Gasteiger partial charge in [-0.15, -0.1) is 11.3 Å². The lowest BCUT2D eigenvalue weighted by Gasteiger charge is -2.12. The molecule has 1 amide bonds. The lowest BCUT2D eigenvalue weighted by Crippen LogP contribution is -2.35. The summed E-state index contributed by atoms with van der Waals surface area (Å²) < 4.78 is 0. The number of thiazole rings is 1. The summed E-state index contributed by atoms with van der Waals surface area (Å²) in [6, 6.07) is -1.20. The van der Waals surface area contributed by atoms with Crippen molar-refractivity contribution < 1.29 is 20.1 Å². The Kier molecular flexibility index (Phi) is 3.40. The molecule has 0 radical (unpaired) electrons. The van der Waals surface area contributed by atoms with Crippen LogP contribution in [0.1, 0.15) is 21.5 Å². The van der Waals surface area contributed by atoms with Gasteiger partial charge in [0, 0.05) is 5.38 Å². The number of carbonyl (C=O) groups excluding carboxylic acids is 1. The molecule has 2 heterocycles. The number of aromatic nitrogens is 1. The molecule has 0 aromatic carbocycles. The second-order valence-electron chi connectivity index (χ2n) is 3.85. The molecule has 0 unspecified atom stereocenters. The Bertz CT molecular complexity index is 424. The number of rotatable bonds is 3. The van der Waals surface area contributed by atoms with Crippen molar-refractivity contribution in [1.82, 2.24) is 10.3 Å². The first-order valence-electron chi connectivity index (χ1n) is 5.03. The number of nitrogens with two attached hydrogens (primary N) is 1. The van der Waals surface area contributed by atoms with Crippen LogP contribution in [0, 0.1) is 0 Å². The topological polar surface area (TPSA) is 129 Å². The van der Waals surface area contributed by atoms with Crippen molar-refractivity contribution in [1.29, 1.82) is 0 Å². The molecule has 4 atom stereocenters. The fourth-order valence-corrected chi connectivity index (χ4v) is 2.69. The lowest BCUT2D eigenvalue weighted by atomic mass is 10.1. The molecule has 1 aromatic heterocycles. The van der Waals surface area contributed by atoms with Gasteiger partial charge in [0.25, 0.3) is 5.91 Å². The molecule has 1 aliphatic heterocycles. The Balaban J connectivity index is 2.19. The molecule has 17 heavy (non-hydrogen) atoms. The van der Waals surface area contributed by atoms with Crippen molar-refractivity contribution in [2.45, 2.75) is 24.3 Å². The van der Waals surface area contributed by atoms with Crippen LogP contribution in [0.2, 0.25) is 0 Å². The van der Waals surface area contributed by atoms with Gasteiger partial charge in [-0.1, -0.05) is 0 Å². The predicted molar refractivity (Wildman–Crippen MR) is 59.4 cm³/mol. The van der Waals surface area contributed by atoms with Crippen molar-refractivity contribution in [2.24, 2.45) is 5.73 Å². The summed E-state index contributed by atoms with van der Waals surface area (Å²) in [4.78, 5) is 14.9. The van der Waals surface area contributed by atoms with Gasteiger partial charge < -0.3 is 21.1 Å². The molecule has 0 aliphatic carbocycles. The molecule has 0 spiro atoms. The van der Waals surface area contributed by atoms with Gasteiger partial charge in [-0.2, -0.15) is 0 Å². The molecule has 1 aliphatic rings. The standard InChI is InChI=1S/C9H13N3O4S/c10-8(16)4-2-17-9(12-4)5-7(15)6(14)3(1-13)11-5/h2-3,5-7,11,13-15H,1H2,(H2,10,16)/t3-,5-,6-,7+/m1/s1. The summed E-state index contributed by atoms with van der Waals surface area (Å²) in [5.41, 5.74) is 5.20. The van der Waals surface area contributed by atoms with Gasteiger partial charge in [-0.25, -0.2) is 4.98 Å². The van der Waals surface area contributed by atoms with E-state index >= 15 is 0 Å². The molecule has 8 heteroatoms. The van der Waals surface area contributed by atoms with E-state index < -0.39 is 30.2 Å². The molecule has 6 N–H and O–H groups in total. The van der Waals surface area contributed by atoms with Gasteiger partial charge in [0.1, 0.15) is 16.8 Å². The summed E-state index contributed by atoms with van der Waals surface area (Å²) in [7, 11) is 0. The van der Waals surface area contributed by atoms with Crippen LogP contribution in [-0.4, -0.2) is 51.1 Å². The van der Waals surface area contributed by atoms with Gasteiger partial charge in [0.15, 0.2) is 0 Å². The Morgan fingerprint density at radius 1 is 1.53 bits per heavy atom. The lowest BCUT2D eigenvalue weighted by molar-refractivity contribution is 0.0194. The monoisotopic (exact) mass is 259 g/mol. The maximum Gasteiger partial charge on any atom is 0.268 e. The number of hydrogen-bond donors (Lipinski definition) is 5. The molecular formula is C9H13N3O4S. The van der Waals surface area contributed by atoms with Crippen LogP contribution < -0.4 is 11.1 Å². The SMILES string of the molecule is NC(=O)c1csc([C@@H]2N[C@H](CO)[C@@H](O)[C@H]2O)n1. The normalized spacial score (nSPS) is 32.9. The summed E-state index contributed by atoms with van der Waals surface area (Å²) in [6.45, 7) is -0.289. The molecule has 1 saturated heterocycles. The highest BCUT2D eigenvalue weighted by molar-refractivity contribution is 7.09. The molecule has 1 fully saturated rings. The minimum absolute atomic E-state index is 0.126. The fraction of sp³-hybridized carbons (Fsp3) is 0.556. The van der Waals surface area contributed by atoms with Crippen molar-refractivity contribution in [2.75, 3.05) is 6.61 Å². The number of carbonyl (C=O) groups is 1. The van der Waals surface area contributed by atoms with Crippen LogP contribution in [0.3, 0.4) is 0 Å². The number of hydrogen-bond acceptors (Lipinski definition) is 7. The minimum atomic E-state index is -1.07. The zero-order chi connectivity index (χ0) is 12.6. The Morgan fingerprint density at radius 3 is 2.71 bits per heavy atom. The number of primary amides is 1. The zero-order valence-electron chi connectivity index (χ0n) is 8.78. The molecule has 0 saturated carbocycles. The summed E-state index contributed by atoms with van der Waals surface area (Å²) in [6.07, 6.45) is -2.13. The predicted octanol–water partition coefficient (Wildman–Crippen LogP) is -2.03. The van der Waals surface area contributed by atoms with Gasteiger partial charge in [0.05, 0.1) is 24.8 Å². The highest BCUT2D eigenvalue weighted by Crippen LogP contribution is 2.29. The molecule has 0 bridgehead atoms. The molecule has 1 aromatic rings. The van der Waals surface area contributed by atoms with Crippen LogP contribution in [-0.2, 0) is 0 Å². The first kappa shape index (κ1) is 12.4. The number of amides is 1. The maximum atomic E-state index is 10.9. The zero-order valence-corrected chi connectivity index (χ0v) is 9.59. The average molecular weight is 259 g/mol. The van der Waals surface area contributed by atoms with E-state index in [4.69, 9.17) is 10.8 Å². The van der Waals surface area contributed by atoms with Crippen LogP contribution in [0.5, 0.6) is 0 Å². The van der Waals surface area contributed by atoms with Crippen molar-refractivity contribution in [3.05, 3.63) is 16.1 Å². The summed E-state index contributed by atoms with van der Waals surface area (Å²) >= 11 is 1.17. The molecule has 94 valence electrons. The fourth-order valence-electron chi connectivity index (χ4n) is 1.78. The van der Waals surface area contributed by atoms with E-state index in [1.165, 1.54) is 16.7 Å². The van der Waals surface area contributed by atoms with E-state index in [-0.39, 0.29) is 12.3 Å². The minimum Gasteiger partial charge on any atom is -0.395 e. The van der Waals surface area contributed by atoms with E-state index in [1.807, 2.05) is 0 Å². The quantitative estimate of drug-likeness (QED) is 0.426. The Hall–Kier alpha value is -1.06. The van der Waals surface area contributed by atoms with Gasteiger partial charge in [-0.05, 0) is 0 Å². The van der Waals surface area contributed by atoms with Crippen molar-refractivity contribution >= 4 is 17.2 Å². The second-order valence-corrected chi connectivity index (χ2v) is 4.74. The highest BCUT2D eigenvalue weighted by Gasteiger charge is 2.42. The van der Waals surface area contributed by atoms with Crippen LogP contribution in [0.25, 0.3) is 0 Å². The third kappa shape index (κ3) is 2.17. The van der Waals surface area contributed by atoms with Crippen molar-refractivity contribution in [3.8, 4) is 0 Å². The molecule has 7 nitrogen and oxygen atoms in total. The first-order valence-corrected chi connectivity index (χ1v) is 5.91. The van der Waals surface area contributed by atoms with Crippen LogP contribution in [0.4, 0.5) is 0 Å². The third-order valence-corrected chi connectivity index (χ3v) is 3.66. The maximum absolute atomic E-state index is 10.9. The van der Waals surface area contributed by atoms with Gasteiger partial charge in [0.2, 0.25) is 0 Å². The molecule has 2 rings (SSSR count). The molecular weight excluding hydrogens is 246 g/mol. The second kappa shape index (κ2) is 4.67. The van der Waals surface area contributed by atoms with Crippen molar-refractivity contribution in [3.63, 3.8) is 0 Å². The number of aliphatic hydroxyl groups is 3. The number of nitrogens with one attached hydrogen (secondary N) is 1. The van der Waals surface area contributed by atoms with E-state index in [9.17, 15) is 15.0 Å². The van der Waals surface area contributed by atoms with Crippen LogP contribution >= 0.6 is 11.3 Å². The summed E-state index contributed by atoms with van der Waals surface area (Å²) in [5.74, 6) is -0.640. The van der Waals surface area contributed by atoms with Crippen LogP contribution in [0.15, 0.2) is 5.38 Å². The van der Waals surface area contributed by atoms with E-state index in [0.29, 0.717) is 5.01 Å². The van der Waals surface area contributed by atoms with E-state index in [1.54, 1.807) is 0 Å². The van der Waals surface area contributed by atoms with Gasteiger partial charge >= 0.3 is 0 Å². The Labute approximate surface area is 101 Å². The third-order valence-electron chi connectivity index (χ3n) is 2.73. The number of nitrogens with zero attached hydrogens (tertiary/aromatic N) is 1. The highest BCUT2D eigenvalue weighted by atomic mass is 32.1. The number of aliphatic hydroxyl groups excluding tert-OH is 3. The Morgan fingerprint density at radius 2 is 2.24 bits per heavy atom. The summed E-state index contributed by atoms with van der Waals surface area (Å²) in [5, 5.41) is 33.2. The van der Waals surface area contributed by atoms with E-state index in [2.05, 4.69) is 10.3 Å². The van der Waals surface area contributed by atoms with E-state index in [0.717, 1.165) is 0 Å². The smallest absolute Gasteiger partial charge is 0.268 e. The first-order chi connectivity index (χ1) is 8.04. The van der Waals surface area contributed by atoms with Gasteiger partial charge in [-0.3, -0.25) is 10.1 Å². The average Bonchev–Trinajstić information content (AvgIpc) is 2.87.